The van der Waals surface area contributed by atoms with Crippen molar-refractivity contribution in [2.24, 2.45) is 5.73 Å². The van der Waals surface area contributed by atoms with Gasteiger partial charge in [-0.3, -0.25) is 4.90 Å². The molecular formula is C14H18ClFN2. The molecule has 2 fully saturated rings. The van der Waals surface area contributed by atoms with E-state index in [2.05, 4.69) is 4.90 Å². The van der Waals surface area contributed by atoms with E-state index in [4.69, 9.17) is 17.3 Å². The maximum Gasteiger partial charge on any atom is 0.123 e. The lowest BCUT2D eigenvalue weighted by Crippen LogP contribution is -2.46. The summed E-state index contributed by atoms with van der Waals surface area (Å²) in [6, 6.07) is 6.05. The molecule has 2 bridgehead atoms. The fourth-order valence-corrected chi connectivity index (χ4v) is 3.61. The molecule has 1 aromatic carbocycles. The van der Waals surface area contributed by atoms with Crippen LogP contribution in [0.3, 0.4) is 0 Å². The molecule has 2 heterocycles. The topological polar surface area (TPSA) is 29.3 Å². The summed E-state index contributed by atoms with van der Waals surface area (Å²) in [5, 5.41) is 0.658. The molecule has 0 amide bonds. The zero-order valence-electron chi connectivity index (χ0n) is 10.3. The molecule has 0 spiro atoms. The molecule has 2 aliphatic rings. The Kier molecular flexibility index (Phi) is 3.31. The van der Waals surface area contributed by atoms with Crippen LogP contribution >= 0.6 is 11.6 Å². The second-order valence-corrected chi connectivity index (χ2v) is 5.93. The van der Waals surface area contributed by atoms with Crippen molar-refractivity contribution in [1.82, 2.24) is 4.90 Å². The summed E-state index contributed by atoms with van der Waals surface area (Å²) < 4.78 is 13.3. The van der Waals surface area contributed by atoms with E-state index in [-0.39, 0.29) is 5.82 Å². The Morgan fingerprint density at radius 2 is 1.94 bits per heavy atom. The van der Waals surface area contributed by atoms with E-state index >= 15 is 0 Å². The normalized spacial score (nSPS) is 31.8. The van der Waals surface area contributed by atoms with Gasteiger partial charge in [0.2, 0.25) is 0 Å². The van der Waals surface area contributed by atoms with Crippen LogP contribution in [0.25, 0.3) is 0 Å². The van der Waals surface area contributed by atoms with E-state index in [1.54, 1.807) is 12.1 Å². The van der Waals surface area contributed by atoms with Gasteiger partial charge in [0, 0.05) is 29.7 Å². The third kappa shape index (κ3) is 2.27. The van der Waals surface area contributed by atoms with E-state index in [9.17, 15) is 4.39 Å². The highest BCUT2D eigenvalue weighted by molar-refractivity contribution is 6.31. The number of halogens is 2. The first kappa shape index (κ1) is 12.4. The van der Waals surface area contributed by atoms with Crippen molar-refractivity contribution in [1.29, 1.82) is 0 Å². The largest absolute Gasteiger partial charge is 0.328 e. The number of hydrogen-bond donors (Lipinski definition) is 1. The van der Waals surface area contributed by atoms with Crippen molar-refractivity contribution in [3.05, 3.63) is 34.6 Å². The molecule has 2 nitrogen and oxygen atoms in total. The van der Waals surface area contributed by atoms with Gasteiger partial charge in [-0.25, -0.2) is 4.39 Å². The average molecular weight is 269 g/mol. The highest BCUT2D eigenvalue weighted by Gasteiger charge is 2.39. The van der Waals surface area contributed by atoms with E-state index < -0.39 is 0 Å². The first-order chi connectivity index (χ1) is 8.63. The van der Waals surface area contributed by atoms with Gasteiger partial charge in [0.1, 0.15) is 5.82 Å². The van der Waals surface area contributed by atoms with Crippen LogP contribution in [0.1, 0.15) is 31.2 Å². The van der Waals surface area contributed by atoms with Crippen molar-refractivity contribution in [3.63, 3.8) is 0 Å². The van der Waals surface area contributed by atoms with Crippen LogP contribution in [0.2, 0.25) is 5.02 Å². The van der Waals surface area contributed by atoms with E-state index in [0.717, 1.165) is 24.9 Å². The molecule has 98 valence electrons. The summed E-state index contributed by atoms with van der Waals surface area (Å²) in [4.78, 5) is 2.46. The summed E-state index contributed by atoms with van der Waals surface area (Å²) in [6.45, 7) is 0.749. The van der Waals surface area contributed by atoms with Crippen molar-refractivity contribution >= 4 is 11.6 Å². The summed E-state index contributed by atoms with van der Waals surface area (Å²) in [5.74, 6) is -0.213. The minimum atomic E-state index is -0.213. The van der Waals surface area contributed by atoms with Crippen LogP contribution in [0, 0.1) is 5.82 Å². The molecule has 0 aliphatic carbocycles. The SMILES string of the molecule is NC1CC2CCC(C1)N2Cc1cc(F)ccc1Cl. The number of piperidine rings is 1. The predicted octanol–water partition coefficient (Wildman–Crippen LogP) is 2.93. The standard InChI is InChI=1S/C14H18ClFN2/c15-14-4-1-10(16)5-9(14)8-18-12-2-3-13(18)7-11(17)6-12/h1,4-5,11-13H,2-3,6-8,17H2. The Morgan fingerprint density at radius 3 is 2.61 bits per heavy atom. The van der Waals surface area contributed by atoms with Gasteiger partial charge in [-0.1, -0.05) is 11.6 Å². The maximum atomic E-state index is 13.3. The van der Waals surface area contributed by atoms with Gasteiger partial charge < -0.3 is 5.73 Å². The van der Waals surface area contributed by atoms with Gasteiger partial charge in [-0.05, 0) is 49.4 Å². The Morgan fingerprint density at radius 1 is 1.28 bits per heavy atom. The zero-order valence-corrected chi connectivity index (χ0v) is 11.0. The smallest absolute Gasteiger partial charge is 0.123 e. The van der Waals surface area contributed by atoms with Gasteiger partial charge in [-0.15, -0.1) is 0 Å². The number of rotatable bonds is 2. The second-order valence-electron chi connectivity index (χ2n) is 5.52. The zero-order chi connectivity index (χ0) is 12.7. The van der Waals surface area contributed by atoms with E-state index in [1.807, 2.05) is 0 Å². The lowest BCUT2D eigenvalue weighted by Gasteiger charge is -2.37. The minimum absolute atomic E-state index is 0.213. The van der Waals surface area contributed by atoms with Crippen molar-refractivity contribution in [3.8, 4) is 0 Å². The summed E-state index contributed by atoms with van der Waals surface area (Å²) in [6.07, 6.45) is 4.55. The molecule has 4 heteroatoms. The highest BCUT2D eigenvalue weighted by Crippen LogP contribution is 2.36. The molecule has 2 N–H and O–H groups in total. The van der Waals surface area contributed by atoms with Gasteiger partial charge >= 0.3 is 0 Å². The van der Waals surface area contributed by atoms with Crippen LogP contribution in [0.5, 0.6) is 0 Å². The first-order valence-corrected chi connectivity index (χ1v) is 6.96. The fourth-order valence-electron chi connectivity index (χ4n) is 3.44. The predicted molar refractivity (Wildman–Crippen MR) is 71.0 cm³/mol. The number of fused-ring (bicyclic) bond motifs is 2. The Hall–Kier alpha value is -0.640. The molecule has 2 unspecified atom stereocenters. The summed E-state index contributed by atoms with van der Waals surface area (Å²) in [5.41, 5.74) is 6.95. The molecule has 2 aliphatic heterocycles. The Balaban J connectivity index is 1.79. The van der Waals surface area contributed by atoms with Crippen molar-refractivity contribution < 1.29 is 4.39 Å². The van der Waals surface area contributed by atoms with Crippen LogP contribution in [-0.2, 0) is 6.54 Å². The van der Waals surface area contributed by atoms with Crippen molar-refractivity contribution in [2.45, 2.75) is 50.4 Å². The van der Waals surface area contributed by atoms with Crippen LogP contribution in [-0.4, -0.2) is 23.0 Å². The minimum Gasteiger partial charge on any atom is -0.328 e. The van der Waals surface area contributed by atoms with Gasteiger partial charge in [-0.2, -0.15) is 0 Å². The van der Waals surface area contributed by atoms with Gasteiger partial charge in [0.05, 0.1) is 0 Å². The van der Waals surface area contributed by atoms with Crippen molar-refractivity contribution in [2.75, 3.05) is 0 Å². The maximum absolute atomic E-state index is 13.3. The number of nitrogens with two attached hydrogens (primary N) is 1. The monoisotopic (exact) mass is 268 g/mol. The third-order valence-corrected chi connectivity index (χ3v) is 4.65. The second kappa shape index (κ2) is 4.80. The van der Waals surface area contributed by atoms with Crippen LogP contribution in [0.15, 0.2) is 18.2 Å². The molecule has 0 radical (unpaired) electrons. The van der Waals surface area contributed by atoms with E-state index in [1.165, 1.54) is 18.9 Å². The van der Waals surface area contributed by atoms with Crippen LogP contribution in [0.4, 0.5) is 4.39 Å². The van der Waals surface area contributed by atoms with Gasteiger partial charge in [0.25, 0.3) is 0 Å². The molecule has 0 saturated carbocycles. The first-order valence-electron chi connectivity index (χ1n) is 6.59. The lowest BCUT2D eigenvalue weighted by atomic mass is 9.97. The Labute approximate surface area is 112 Å². The fraction of sp³-hybridized carbons (Fsp3) is 0.571. The number of hydrogen-bond acceptors (Lipinski definition) is 2. The van der Waals surface area contributed by atoms with E-state index in [0.29, 0.717) is 23.1 Å². The molecule has 2 saturated heterocycles. The average Bonchev–Trinajstić information content (AvgIpc) is 2.57. The molecular weight excluding hydrogens is 251 g/mol. The molecule has 3 rings (SSSR count). The molecule has 1 aromatic rings. The number of nitrogens with zero attached hydrogens (tertiary/aromatic N) is 1. The molecule has 18 heavy (non-hydrogen) atoms. The Bertz CT molecular complexity index is 437. The third-order valence-electron chi connectivity index (χ3n) is 4.28. The highest BCUT2D eigenvalue weighted by atomic mass is 35.5. The molecule has 0 aromatic heterocycles. The van der Waals surface area contributed by atoms with Crippen LogP contribution < -0.4 is 5.73 Å². The lowest BCUT2D eigenvalue weighted by molar-refractivity contribution is 0.120. The summed E-state index contributed by atoms with van der Waals surface area (Å²) >= 11 is 6.14. The summed E-state index contributed by atoms with van der Waals surface area (Å²) in [7, 11) is 0. The quantitative estimate of drug-likeness (QED) is 0.894. The number of benzene rings is 1. The van der Waals surface area contributed by atoms with Gasteiger partial charge in [0.15, 0.2) is 0 Å². The molecule has 2 atom stereocenters.